The predicted octanol–water partition coefficient (Wildman–Crippen LogP) is 1.36. The van der Waals surface area contributed by atoms with Crippen molar-refractivity contribution in [2.45, 2.75) is 51.7 Å². The highest BCUT2D eigenvalue weighted by molar-refractivity contribution is 7.91. The first-order chi connectivity index (χ1) is 10.7. The van der Waals surface area contributed by atoms with E-state index in [9.17, 15) is 18.0 Å². The van der Waals surface area contributed by atoms with Crippen LogP contribution in [0.3, 0.4) is 0 Å². The summed E-state index contributed by atoms with van der Waals surface area (Å²) >= 11 is 0. The second-order valence-corrected chi connectivity index (χ2v) is 8.81. The fourth-order valence-electron chi connectivity index (χ4n) is 2.94. The van der Waals surface area contributed by atoms with Gasteiger partial charge in [0.1, 0.15) is 6.10 Å². The van der Waals surface area contributed by atoms with Crippen LogP contribution in [0.4, 0.5) is 4.79 Å². The molecular formula is C15H25NO6S. The fourth-order valence-corrected chi connectivity index (χ4v) is 4.80. The molecular weight excluding hydrogens is 322 g/mol. The summed E-state index contributed by atoms with van der Waals surface area (Å²) < 4.78 is 33.3. The first kappa shape index (κ1) is 18.0. The maximum Gasteiger partial charge on any atom is 0.410 e. The molecule has 1 amide bonds. The highest BCUT2D eigenvalue weighted by Gasteiger charge is 2.31. The van der Waals surface area contributed by atoms with Gasteiger partial charge in [-0.05, 0) is 26.2 Å². The van der Waals surface area contributed by atoms with E-state index in [1.54, 1.807) is 18.7 Å². The average Bonchev–Trinajstić information content (AvgIpc) is 2.77. The molecule has 0 aromatic heterocycles. The van der Waals surface area contributed by atoms with Crippen molar-refractivity contribution in [2.75, 3.05) is 24.6 Å². The Hall–Kier alpha value is -1.31. The van der Waals surface area contributed by atoms with Gasteiger partial charge in [-0.15, -0.1) is 0 Å². The average molecular weight is 347 g/mol. The van der Waals surface area contributed by atoms with Gasteiger partial charge in [-0.1, -0.05) is 0 Å². The van der Waals surface area contributed by atoms with Crippen molar-refractivity contribution in [3.63, 3.8) is 0 Å². The molecule has 2 heterocycles. The molecule has 1 atom stereocenters. The van der Waals surface area contributed by atoms with Gasteiger partial charge in [0, 0.05) is 32.4 Å². The van der Waals surface area contributed by atoms with Crippen molar-refractivity contribution in [3.05, 3.63) is 0 Å². The Morgan fingerprint density at radius 1 is 1.17 bits per heavy atom. The number of likely N-dealkylation sites (tertiary alicyclic amines) is 1. The van der Waals surface area contributed by atoms with Gasteiger partial charge in [-0.3, -0.25) is 4.79 Å². The molecule has 2 aliphatic heterocycles. The molecule has 0 saturated carbocycles. The Balaban J connectivity index is 1.70. The highest BCUT2D eigenvalue weighted by atomic mass is 32.2. The summed E-state index contributed by atoms with van der Waals surface area (Å²) in [5.41, 5.74) is 0. The van der Waals surface area contributed by atoms with Crippen LogP contribution in [0.25, 0.3) is 0 Å². The number of ether oxygens (including phenoxy) is 2. The van der Waals surface area contributed by atoms with Gasteiger partial charge in [0.25, 0.3) is 0 Å². The summed E-state index contributed by atoms with van der Waals surface area (Å²) in [6.07, 6.45) is 1.18. The van der Waals surface area contributed by atoms with E-state index in [-0.39, 0.29) is 48.1 Å². The number of rotatable bonds is 4. The van der Waals surface area contributed by atoms with Crippen molar-refractivity contribution in [2.24, 2.45) is 5.92 Å². The molecule has 23 heavy (non-hydrogen) atoms. The first-order valence-electron chi connectivity index (χ1n) is 8.10. The van der Waals surface area contributed by atoms with Crippen LogP contribution in [0.15, 0.2) is 0 Å². The minimum Gasteiger partial charge on any atom is -0.462 e. The lowest BCUT2D eigenvalue weighted by Gasteiger charge is -2.31. The number of carbonyl (C=O) groups is 2. The number of carbonyl (C=O) groups excluding carboxylic acids is 2. The van der Waals surface area contributed by atoms with Gasteiger partial charge >= 0.3 is 12.1 Å². The van der Waals surface area contributed by atoms with E-state index in [0.717, 1.165) is 0 Å². The van der Waals surface area contributed by atoms with Gasteiger partial charge in [0.15, 0.2) is 9.84 Å². The molecule has 0 radical (unpaired) electrons. The number of esters is 1. The monoisotopic (exact) mass is 347 g/mol. The Morgan fingerprint density at radius 2 is 1.83 bits per heavy atom. The lowest BCUT2D eigenvalue weighted by atomic mass is 10.1. The number of piperidine rings is 1. The summed E-state index contributed by atoms with van der Waals surface area (Å²) in [5.74, 6) is -0.202. The van der Waals surface area contributed by atoms with E-state index < -0.39 is 9.84 Å². The summed E-state index contributed by atoms with van der Waals surface area (Å²) in [5, 5.41) is 0. The Labute approximate surface area is 137 Å². The lowest BCUT2D eigenvalue weighted by molar-refractivity contribution is -0.151. The van der Waals surface area contributed by atoms with E-state index in [1.165, 1.54) is 0 Å². The Kier molecular flexibility index (Phi) is 5.89. The summed E-state index contributed by atoms with van der Waals surface area (Å²) in [7, 11) is -2.97. The third-order valence-corrected chi connectivity index (χ3v) is 5.95. The first-order valence-corrected chi connectivity index (χ1v) is 9.93. The molecule has 7 nitrogen and oxygen atoms in total. The third-order valence-electron chi connectivity index (χ3n) is 4.12. The number of nitrogens with zero attached hydrogens (tertiary/aromatic N) is 1. The quantitative estimate of drug-likeness (QED) is 0.713. The molecule has 2 rings (SSSR count). The Bertz CT molecular complexity index is 536. The number of hydrogen-bond acceptors (Lipinski definition) is 6. The van der Waals surface area contributed by atoms with Crippen LogP contribution in [0, 0.1) is 5.92 Å². The zero-order valence-electron chi connectivity index (χ0n) is 13.7. The van der Waals surface area contributed by atoms with E-state index in [4.69, 9.17) is 9.47 Å². The van der Waals surface area contributed by atoms with Crippen LogP contribution in [0.1, 0.15) is 39.5 Å². The van der Waals surface area contributed by atoms with Crippen LogP contribution >= 0.6 is 0 Å². The van der Waals surface area contributed by atoms with Crippen LogP contribution in [0.2, 0.25) is 0 Å². The van der Waals surface area contributed by atoms with Gasteiger partial charge in [-0.2, -0.15) is 0 Å². The van der Waals surface area contributed by atoms with E-state index in [0.29, 0.717) is 32.4 Å². The molecule has 0 bridgehead atoms. The summed E-state index contributed by atoms with van der Waals surface area (Å²) in [6, 6.07) is 0. The van der Waals surface area contributed by atoms with Crippen molar-refractivity contribution in [1.82, 2.24) is 4.90 Å². The standard InChI is InChI=1S/C15H25NO6S/c1-11(2)21-15(18)16-6-3-13(4-7-16)22-14(17)9-12-5-8-23(19,20)10-12/h11-13H,3-10H2,1-2H3/t12-/m1/s1. The molecule has 2 saturated heterocycles. The molecule has 0 aromatic carbocycles. The molecule has 8 heteroatoms. The zero-order valence-corrected chi connectivity index (χ0v) is 14.5. The third kappa shape index (κ3) is 5.67. The van der Waals surface area contributed by atoms with Gasteiger partial charge in [0.2, 0.25) is 0 Å². The molecule has 0 aromatic rings. The van der Waals surface area contributed by atoms with Crippen LogP contribution in [-0.2, 0) is 24.1 Å². The molecule has 132 valence electrons. The minimum atomic E-state index is -2.97. The fraction of sp³-hybridized carbons (Fsp3) is 0.867. The SMILES string of the molecule is CC(C)OC(=O)N1CCC(OC(=O)C[C@H]2CCS(=O)(=O)C2)CC1. The van der Waals surface area contributed by atoms with Crippen LogP contribution in [0.5, 0.6) is 0 Å². The largest absolute Gasteiger partial charge is 0.462 e. The molecule has 0 spiro atoms. The highest BCUT2D eigenvalue weighted by Crippen LogP contribution is 2.23. The van der Waals surface area contributed by atoms with Crippen molar-refractivity contribution >= 4 is 21.9 Å². The number of amides is 1. The van der Waals surface area contributed by atoms with E-state index in [2.05, 4.69) is 0 Å². The van der Waals surface area contributed by atoms with E-state index in [1.807, 2.05) is 0 Å². The zero-order chi connectivity index (χ0) is 17.0. The summed E-state index contributed by atoms with van der Waals surface area (Å²) in [6.45, 7) is 4.61. The molecule has 0 N–H and O–H groups in total. The molecule has 0 unspecified atom stereocenters. The molecule has 2 fully saturated rings. The van der Waals surface area contributed by atoms with Crippen molar-refractivity contribution in [3.8, 4) is 0 Å². The van der Waals surface area contributed by atoms with Crippen molar-refractivity contribution < 1.29 is 27.5 Å². The predicted molar refractivity (Wildman–Crippen MR) is 83.7 cm³/mol. The molecule has 0 aliphatic carbocycles. The van der Waals surface area contributed by atoms with E-state index >= 15 is 0 Å². The topological polar surface area (TPSA) is 90.0 Å². The molecule has 2 aliphatic rings. The smallest absolute Gasteiger partial charge is 0.410 e. The lowest BCUT2D eigenvalue weighted by Crippen LogP contribution is -2.42. The normalized spacial score (nSPS) is 24.7. The van der Waals surface area contributed by atoms with Crippen LogP contribution in [-0.4, -0.2) is 62.2 Å². The Morgan fingerprint density at radius 3 is 2.35 bits per heavy atom. The van der Waals surface area contributed by atoms with Crippen LogP contribution < -0.4 is 0 Å². The van der Waals surface area contributed by atoms with Gasteiger partial charge < -0.3 is 14.4 Å². The summed E-state index contributed by atoms with van der Waals surface area (Å²) in [4.78, 5) is 25.3. The maximum atomic E-state index is 11.9. The second-order valence-electron chi connectivity index (χ2n) is 6.58. The van der Waals surface area contributed by atoms with Gasteiger partial charge in [0.05, 0.1) is 17.6 Å². The minimum absolute atomic E-state index is 0.0849. The second kappa shape index (κ2) is 7.51. The van der Waals surface area contributed by atoms with Gasteiger partial charge in [-0.25, -0.2) is 13.2 Å². The number of sulfone groups is 1. The maximum absolute atomic E-state index is 11.9. The number of hydrogen-bond donors (Lipinski definition) is 0. The van der Waals surface area contributed by atoms with Crippen molar-refractivity contribution in [1.29, 1.82) is 0 Å².